The highest BCUT2D eigenvalue weighted by Gasteiger charge is 2.44. The van der Waals surface area contributed by atoms with Gasteiger partial charge in [-0.05, 0) is 50.8 Å². The fourth-order valence-electron chi connectivity index (χ4n) is 5.33. The number of benzene rings is 3. The molecule has 4 aromatic rings. The van der Waals surface area contributed by atoms with Crippen molar-refractivity contribution in [1.29, 1.82) is 0 Å². The largest absolute Gasteiger partial charge is 0.340 e. The van der Waals surface area contributed by atoms with Gasteiger partial charge in [-0.3, -0.25) is 0 Å². The molecule has 3 aromatic carbocycles. The number of hydrogen-bond acceptors (Lipinski definition) is 0. The Morgan fingerprint density at radius 1 is 1.03 bits per heavy atom. The predicted molar refractivity (Wildman–Crippen MR) is 137 cm³/mol. The van der Waals surface area contributed by atoms with E-state index < -0.39 is 0 Å². The first-order valence-corrected chi connectivity index (χ1v) is 12.2. The van der Waals surface area contributed by atoms with Gasteiger partial charge in [0.05, 0.1) is 10.8 Å². The number of aromatic nitrogens is 1. The molecule has 5 rings (SSSR count). The molecule has 0 radical (unpaired) electrons. The SMILES string of the molecule is CCCCn1/c(=C/C2=[N+](CC)c3ccc(Br)cc3C2(C)C)c2cccc3cccc1c32. The molecule has 2 heterocycles. The fraction of sp³-hybridized carbons (Fsp3) is 0.321. The van der Waals surface area contributed by atoms with E-state index in [1.54, 1.807) is 0 Å². The average Bonchev–Trinajstić information content (AvgIpc) is 3.17. The molecule has 0 unspecified atom stereocenters. The lowest BCUT2D eigenvalue weighted by atomic mass is 9.81. The second-order valence-electron chi connectivity index (χ2n) is 9.13. The number of aryl methyl sites for hydroxylation is 1. The van der Waals surface area contributed by atoms with Crippen LogP contribution in [0.1, 0.15) is 46.1 Å². The Bertz CT molecular complexity index is 1380. The highest BCUT2D eigenvalue weighted by atomic mass is 79.9. The predicted octanol–water partition coefficient (Wildman–Crippen LogP) is 6.95. The zero-order valence-electron chi connectivity index (χ0n) is 18.9. The maximum atomic E-state index is 3.69. The summed E-state index contributed by atoms with van der Waals surface area (Å²) < 4.78 is 6.19. The number of hydrogen-bond donors (Lipinski definition) is 0. The molecular formula is C28H30BrN2+. The first-order valence-electron chi connectivity index (χ1n) is 11.4. The lowest BCUT2D eigenvalue weighted by Crippen LogP contribution is -2.31. The standard InChI is InChI=1S/C28H30BrN2/c1-5-7-16-31-24-13-9-11-19-10-8-12-21(27(19)24)25(31)18-26-28(3,4)22-17-20(29)14-15-23(22)30(26)6-2/h8-15,17-18H,5-7,16H2,1-4H3/q+1. The lowest BCUT2D eigenvalue weighted by Gasteiger charge is -2.16. The van der Waals surface area contributed by atoms with E-state index in [9.17, 15) is 0 Å². The molecular weight excluding hydrogens is 444 g/mol. The van der Waals surface area contributed by atoms with Gasteiger partial charge >= 0.3 is 0 Å². The Hall–Kier alpha value is -2.39. The summed E-state index contributed by atoms with van der Waals surface area (Å²) in [5, 5.41) is 5.43. The van der Waals surface area contributed by atoms with Crippen LogP contribution in [0, 0.1) is 0 Å². The topological polar surface area (TPSA) is 7.94 Å². The molecule has 0 aliphatic carbocycles. The molecule has 0 saturated carbocycles. The van der Waals surface area contributed by atoms with Gasteiger partial charge in [-0.1, -0.05) is 59.6 Å². The minimum Gasteiger partial charge on any atom is -0.340 e. The van der Waals surface area contributed by atoms with Crippen LogP contribution in [-0.2, 0) is 12.0 Å². The first-order chi connectivity index (χ1) is 15.0. The van der Waals surface area contributed by atoms with Crippen LogP contribution in [0.25, 0.3) is 27.8 Å². The molecule has 2 nitrogen and oxygen atoms in total. The molecule has 1 aliphatic rings. The van der Waals surface area contributed by atoms with E-state index in [-0.39, 0.29) is 5.41 Å². The molecule has 3 heteroatoms. The fourth-order valence-corrected chi connectivity index (χ4v) is 5.69. The zero-order valence-corrected chi connectivity index (χ0v) is 20.5. The van der Waals surface area contributed by atoms with E-state index in [1.165, 1.54) is 56.8 Å². The third-order valence-corrected chi connectivity index (χ3v) is 7.41. The second kappa shape index (κ2) is 7.63. The van der Waals surface area contributed by atoms with Crippen molar-refractivity contribution in [2.45, 2.75) is 52.5 Å². The van der Waals surface area contributed by atoms with Crippen LogP contribution in [0.15, 0.2) is 59.1 Å². The molecule has 31 heavy (non-hydrogen) atoms. The number of nitrogens with zero attached hydrogens (tertiary/aromatic N) is 2. The lowest BCUT2D eigenvalue weighted by molar-refractivity contribution is -0.432. The van der Waals surface area contributed by atoms with Crippen molar-refractivity contribution in [3.8, 4) is 0 Å². The quantitative estimate of drug-likeness (QED) is 0.277. The van der Waals surface area contributed by atoms with E-state index in [2.05, 4.69) is 113 Å². The van der Waals surface area contributed by atoms with E-state index in [1.807, 2.05) is 0 Å². The number of unbranched alkanes of at least 4 members (excludes halogenated alkanes) is 1. The molecule has 1 aliphatic heterocycles. The van der Waals surface area contributed by atoms with Crippen molar-refractivity contribution < 1.29 is 4.58 Å². The van der Waals surface area contributed by atoms with Crippen LogP contribution in [0.4, 0.5) is 5.69 Å². The van der Waals surface area contributed by atoms with Gasteiger partial charge in [0.25, 0.3) is 0 Å². The maximum Gasteiger partial charge on any atom is 0.209 e. The molecule has 0 atom stereocenters. The monoisotopic (exact) mass is 473 g/mol. The van der Waals surface area contributed by atoms with Crippen molar-refractivity contribution in [2.75, 3.05) is 6.54 Å². The van der Waals surface area contributed by atoms with Gasteiger partial charge in [-0.2, -0.15) is 4.58 Å². The number of halogens is 1. The third kappa shape index (κ3) is 3.09. The minimum absolute atomic E-state index is 0.0543. The summed E-state index contributed by atoms with van der Waals surface area (Å²) in [6.07, 6.45) is 4.85. The van der Waals surface area contributed by atoms with Crippen LogP contribution in [0.5, 0.6) is 0 Å². The van der Waals surface area contributed by atoms with Gasteiger partial charge in [0.1, 0.15) is 6.54 Å². The van der Waals surface area contributed by atoms with Gasteiger partial charge in [-0.25, -0.2) is 0 Å². The smallest absolute Gasteiger partial charge is 0.209 e. The molecule has 0 amide bonds. The van der Waals surface area contributed by atoms with Crippen LogP contribution < -0.4 is 5.35 Å². The average molecular weight is 474 g/mol. The van der Waals surface area contributed by atoms with E-state index in [0.717, 1.165) is 17.6 Å². The Morgan fingerprint density at radius 2 is 1.81 bits per heavy atom. The highest BCUT2D eigenvalue weighted by Crippen LogP contribution is 2.41. The van der Waals surface area contributed by atoms with Crippen molar-refractivity contribution >= 4 is 55.1 Å². The molecule has 0 N–H and O–H groups in total. The van der Waals surface area contributed by atoms with Gasteiger partial charge in [0, 0.05) is 45.0 Å². The number of fused-ring (bicyclic) bond motifs is 1. The summed E-state index contributed by atoms with van der Waals surface area (Å²) in [7, 11) is 0. The molecule has 0 bridgehead atoms. The summed E-state index contributed by atoms with van der Waals surface area (Å²) in [4.78, 5) is 0. The van der Waals surface area contributed by atoms with Gasteiger partial charge < -0.3 is 4.57 Å². The van der Waals surface area contributed by atoms with Crippen LogP contribution >= 0.6 is 15.9 Å². The summed E-state index contributed by atoms with van der Waals surface area (Å²) in [6, 6.07) is 20.2. The molecule has 158 valence electrons. The summed E-state index contributed by atoms with van der Waals surface area (Å²) in [5.74, 6) is 0. The summed E-state index contributed by atoms with van der Waals surface area (Å²) in [6.45, 7) is 11.3. The summed E-state index contributed by atoms with van der Waals surface area (Å²) in [5.41, 5.74) is 5.40. The van der Waals surface area contributed by atoms with Crippen molar-refractivity contribution in [3.05, 3.63) is 70.0 Å². The highest BCUT2D eigenvalue weighted by molar-refractivity contribution is 9.10. The zero-order chi connectivity index (χ0) is 21.8. The van der Waals surface area contributed by atoms with Crippen LogP contribution in [0.3, 0.4) is 0 Å². The van der Waals surface area contributed by atoms with Gasteiger partial charge in [0.15, 0.2) is 5.71 Å². The molecule has 0 spiro atoms. The Labute approximate surface area is 193 Å². The number of rotatable bonds is 5. The summed E-state index contributed by atoms with van der Waals surface area (Å²) >= 11 is 3.69. The Morgan fingerprint density at radius 3 is 2.55 bits per heavy atom. The Balaban J connectivity index is 1.86. The van der Waals surface area contributed by atoms with Crippen molar-refractivity contribution in [1.82, 2.24) is 4.57 Å². The van der Waals surface area contributed by atoms with E-state index in [0.29, 0.717) is 0 Å². The van der Waals surface area contributed by atoms with E-state index in [4.69, 9.17) is 0 Å². The molecule has 1 aromatic heterocycles. The normalized spacial score (nSPS) is 16.1. The van der Waals surface area contributed by atoms with Gasteiger partial charge in [0.2, 0.25) is 5.69 Å². The minimum atomic E-state index is -0.0543. The second-order valence-corrected chi connectivity index (χ2v) is 10.0. The molecule has 0 saturated heterocycles. The van der Waals surface area contributed by atoms with Crippen molar-refractivity contribution in [3.63, 3.8) is 0 Å². The molecule has 0 fully saturated rings. The Kier molecular flexibility index (Phi) is 5.05. The maximum absolute atomic E-state index is 3.69. The first kappa shape index (κ1) is 20.5. The van der Waals surface area contributed by atoms with Gasteiger partial charge in [-0.15, -0.1) is 0 Å². The van der Waals surface area contributed by atoms with Crippen LogP contribution in [0.2, 0.25) is 0 Å². The van der Waals surface area contributed by atoms with E-state index >= 15 is 0 Å². The van der Waals surface area contributed by atoms with Crippen LogP contribution in [-0.4, -0.2) is 21.4 Å². The third-order valence-electron chi connectivity index (χ3n) is 6.92. The van der Waals surface area contributed by atoms with Crippen molar-refractivity contribution in [2.24, 2.45) is 0 Å².